The summed E-state index contributed by atoms with van der Waals surface area (Å²) in [5.74, 6) is -0.357. The van der Waals surface area contributed by atoms with Crippen molar-refractivity contribution in [3.63, 3.8) is 0 Å². The molecule has 0 radical (unpaired) electrons. The molecule has 6 nitrogen and oxygen atoms in total. The third-order valence-corrected chi connectivity index (χ3v) is 7.63. The Hall–Kier alpha value is -3.71. The fraction of sp³-hybridized carbons (Fsp3) is 0.207. The van der Waals surface area contributed by atoms with E-state index in [2.05, 4.69) is 28.7 Å². The highest BCUT2D eigenvalue weighted by Gasteiger charge is 2.27. The summed E-state index contributed by atoms with van der Waals surface area (Å²) in [5.41, 5.74) is 3.62. The van der Waals surface area contributed by atoms with E-state index in [-0.39, 0.29) is 29.4 Å². The van der Waals surface area contributed by atoms with Gasteiger partial charge < -0.3 is 14.4 Å². The number of rotatable bonds is 5. The maximum atomic E-state index is 13.5. The van der Waals surface area contributed by atoms with Gasteiger partial charge in [0.15, 0.2) is 0 Å². The van der Waals surface area contributed by atoms with Gasteiger partial charge in [-0.3, -0.25) is 9.59 Å². The predicted molar refractivity (Wildman–Crippen MR) is 151 cm³/mol. The number of halogens is 2. The molecule has 0 atom stereocenters. The number of carbonyl (C=O) groups is 1. The van der Waals surface area contributed by atoms with E-state index >= 15 is 0 Å². The molecule has 1 saturated heterocycles. The molecule has 1 amide bonds. The second-order valence-electron chi connectivity index (χ2n) is 8.98. The number of carbonyl (C=O) groups excluding carboxylic acids is 1. The van der Waals surface area contributed by atoms with E-state index in [1.54, 1.807) is 16.7 Å². The van der Waals surface area contributed by atoms with Crippen LogP contribution in [0, 0.1) is 17.1 Å². The molecule has 0 spiro atoms. The smallest absolute Gasteiger partial charge is 0.271 e. The van der Waals surface area contributed by atoms with Gasteiger partial charge in [-0.25, -0.2) is 4.39 Å². The number of benzene rings is 3. The van der Waals surface area contributed by atoms with Crippen molar-refractivity contribution in [2.75, 3.05) is 31.1 Å². The zero-order valence-corrected chi connectivity index (χ0v) is 22.2. The summed E-state index contributed by atoms with van der Waals surface area (Å²) in [7, 11) is 0. The molecule has 8 heteroatoms. The fourth-order valence-corrected chi connectivity index (χ4v) is 5.31. The van der Waals surface area contributed by atoms with E-state index < -0.39 is 0 Å². The third kappa shape index (κ3) is 4.96. The van der Waals surface area contributed by atoms with Crippen LogP contribution in [0.4, 0.5) is 10.1 Å². The minimum Gasteiger partial charge on any atom is -0.366 e. The van der Waals surface area contributed by atoms with Crippen LogP contribution in [0.25, 0.3) is 10.9 Å². The minimum atomic E-state index is -0.380. The zero-order valence-electron chi connectivity index (χ0n) is 20.0. The van der Waals surface area contributed by atoms with Crippen molar-refractivity contribution in [3.05, 3.63) is 111 Å². The summed E-state index contributed by atoms with van der Waals surface area (Å²) < 4.78 is 15.9. The van der Waals surface area contributed by atoms with Gasteiger partial charge in [0, 0.05) is 41.6 Å². The molecular formula is C29H24FIN4O2. The monoisotopic (exact) mass is 606 g/mol. The summed E-state index contributed by atoms with van der Waals surface area (Å²) in [5, 5.41) is 10.8. The molecule has 37 heavy (non-hydrogen) atoms. The Morgan fingerprint density at radius 3 is 2.22 bits per heavy atom. The van der Waals surface area contributed by atoms with E-state index in [4.69, 9.17) is 0 Å². The molecular weight excluding hydrogens is 582 g/mol. The molecule has 1 aromatic heterocycles. The summed E-state index contributed by atoms with van der Waals surface area (Å²) in [4.78, 5) is 30.4. The van der Waals surface area contributed by atoms with Crippen LogP contribution in [0.3, 0.4) is 0 Å². The normalized spacial score (nSPS) is 13.5. The number of hydrogen-bond donors (Lipinski definition) is 0. The molecule has 0 bridgehead atoms. The zero-order chi connectivity index (χ0) is 25.9. The molecule has 0 saturated carbocycles. The first-order chi connectivity index (χ1) is 18.0. The van der Waals surface area contributed by atoms with Gasteiger partial charge in [-0.1, -0.05) is 65.1 Å². The van der Waals surface area contributed by atoms with E-state index in [1.165, 1.54) is 17.7 Å². The lowest BCUT2D eigenvalue weighted by Crippen LogP contribution is -2.49. The summed E-state index contributed by atoms with van der Waals surface area (Å²) in [6.07, 6.45) is 0. The average molecular weight is 606 g/mol. The number of alkyl halides is 1. The van der Waals surface area contributed by atoms with Gasteiger partial charge in [0.1, 0.15) is 17.4 Å². The van der Waals surface area contributed by atoms with Crippen LogP contribution in [0.15, 0.2) is 77.6 Å². The van der Waals surface area contributed by atoms with Crippen molar-refractivity contribution in [3.8, 4) is 6.07 Å². The van der Waals surface area contributed by atoms with Gasteiger partial charge in [-0.05, 0) is 41.5 Å². The average Bonchev–Trinajstić information content (AvgIpc) is 2.95. The largest absolute Gasteiger partial charge is 0.366 e. The maximum absolute atomic E-state index is 13.5. The molecule has 0 aliphatic carbocycles. The molecule has 1 fully saturated rings. The number of aromatic nitrogens is 1. The van der Waals surface area contributed by atoms with Crippen molar-refractivity contribution >= 4 is 45.1 Å². The van der Waals surface area contributed by atoms with Gasteiger partial charge >= 0.3 is 0 Å². The maximum Gasteiger partial charge on any atom is 0.271 e. The van der Waals surface area contributed by atoms with Crippen molar-refractivity contribution in [1.82, 2.24) is 9.47 Å². The Bertz CT molecular complexity index is 1550. The number of pyridine rings is 1. The molecule has 5 rings (SSSR count). The highest BCUT2D eigenvalue weighted by atomic mass is 127. The Kier molecular flexibility index (Phi) is 7.24. The molecule has 186 valence electrons. The number of piperazine rings is 1. The molecule has 4 aromatic rings. The molecule has 2 heterocycles. The fourth-order valence-electron chi connectivity index (χ4n) is 4.80. The number of para-hydroxylation sites is 1. The highest BCUT2D eigenvalue weighted by molar-refractivity contribution is 14.1. The van der Waals surface area contributed by atoms with Crippen molar-refractivity contribution in [1.29, 1.82) is 5.26 Å². The first kappa shape index (κ1) is 25.0. The Morgan fingerprint density at radius 1 is 0.919 bits per heavy atom. The second-order valence-corrected chi connectivity index (χ2v) is 9.74. The second kappa shape index (κ2) is 10.7. The van der Waals surface area contributed by atoms with Gasteiger partial charge in [0.05, 0.1) is 17.7 Å². The minimum absolute atomic E-state index is 0.0141. The number of anilines is 1. The summed E-state index contributed by atoms with van der Waals surface area (Å²) in [6.45, 7) is 2.23. The number of fused-ring (bicyclic) bond motifs is 1. The van der Waals surface area contributed by atoms with Crippen LogP contribution < -0.4 is 10.5 Å². The lowest BCUT2D eigenvalue weighted by Gasteiger charge is -2.37. The van der Waals surface area contributed by atoms with Crippen LogP contribution >= 0.6 is 22.6 Å². The van der Waals surface area contributed by atoms with E-state index in [9.17, 15) is 19.2 Å². The van der Waals surface area contributed by atoms with Gasteiger partial charge in [0.25, 0.3) is 11.5 Å². The summed E-state index contributed by atoms with van der Waals surface area (Å²) in [6, 6.07) is 23.4. The third-order valence-electron chi connectivity index (χ3n) is 6.75. The highest BCUT2D eigenvalue weighted by Crippen LogP contribution is 2.30. The number of nitriles is 1. The SMILES string of the molecule is N#Cc1c(N2CCN(C(=O)c3ccc(CI)cc3)CC2)c2ccccc2n(Cc2ccc(F)cc2)c1=O. The lowest BCUT2D eigenvalue weighted by atomic mass is 10.1. The number of amides is 1. The Morgan fingerprint density at radius 2 is 1.57 bits per heavy atom. The van der Waals surface area contributed by atoms with Crippen LogP contribution in [0.5, 0.6) is 0 Å². The predicted octanol–water partition coefficient (Wildman–Crippen LogP) is 4.96. The van der Waals surface area contributed by atoms with Gasteiger partial charge in [-0.2, -0.15) is 5.26 Å². The van der Waals surface area contributed by atoms with Gasteiger partial charge in [0.2, 0.25) is 0 Å². The lowest BCUT2D eigenvalue weighted by molar-refractivity contribution is 0.0747. The molecule has 0 N–H and O–H groups in total. The first-order valence-electron chi connectivity index (χ1n) is 12.0. The Balaban J connectivity index is 1.45. The van der Waals surface area contributed by atoms with Crippen LogP contribution in [0.1, 0.15) is 27.0 Å². The quantitative estimate of drug-likeness (QED) is 0.238. The standard InChI is InChI=1S/C29H24FIN4O2/c30-23-11-7-21(8-12-23)19-35-26-4-2-1-3-24(26)27(25(18-32)29(35)37)33-13-15-34(16-14-33)28(36)22-9-5-20(17-31)6-10-22/h1-12H,13-17,19H2. The molecule has 0 unspecified atom stereocenters. The molecule has 3 aromatic carbocycles. The Labute approximate surface area is 227 Å². The van der Waals surface area contributed by atoms with Gasteiger partial charge in [-0.15, -0.1) is 0 Å². The van der Waals surface area contributed by atoms with Crippen LogP contribution in [-0.4, -0.2) is 41.6 Å². The van der Waals surface area contributed by atoms with E-state index in [1.807, 2.05) is 58.3 Å². The number of nitrogens with zero attached hydrogens (tertiary/aromatic N) is 4. The van der Waals surface area contributed by atoms with E-state index in [0.717, 1.165) is 15.4 Å². The topological polar surface area (TPSA) is 69.3 Å². The van der Waals surface area contributed by atoms with Crippen molar-refractivity contribution in [2.24, 2.45) is 0 Å². The number of hydrogen-bond acceptors (Lipinski definition) is 4. The van der Waals surface area contributed by atoms with Crippen LogP contribution in [-0.2, 0) is 11.0 Å². The van der Waals surface area contributed by atoms with E-state index in [0.29, 0.717) is 42.9 Å². The first-order valence-corrected chi connectivity index (χ1v) is 13.5. The molecule has 1 aliphatic heterocycles. The molecule has 1 aliphatic rings. The van der Waals surface area contributed by atoms with Crippen LogP contribution in [0.2, 0.25) is 0 Å². The van der Waals surface area contributed by atoms with Crippen molar-refractivity contribution in [2.45, 2.75) is 11.0 Å². The van der Waals surface area contributed by atoms with Crippen molar-refractivity contribution < 1.29 is 9.18 Å². The summed E-state index contributed by atoms with van der Waals surface area (Å²) >= 11 is 2.29.